The molecule has 0 saturated heterocycles. The van der Waals surface area contributed by atoms with E-state index in [0.29, 0.717) is 12.3 Å². The molecular formula is C15H23NO2S. The first-order valence-electron chi connectivity index (χ1n) is 7.15. The minimum Gasteiger partial charge on any atom is -0.212 e. The van der Waals surface area contributed by atoms with Gasteiger partial charge in [-0.3, -0.25) is 0 Å². The lowest BCUT2D eigenvalue weighted by Crippen LogP contribution is -2.38. The third kappa shape index (κ3) is 4.32. The van der Waals surface area contributed by atoms with Crippen molar-refractivity contribution in [1.29, 1.82) is 0 Å². The van der Waals surface area contributed by atoms with E-state index in [9.17, 15) is 8.42 Å². The molecule has 1 aliphatic carbocycles. The maximum atomic E-state index is 11.7. The zero-order valence-corrected chi connectivity index (χ0v) is 12.3. The van der Waals surface area contributed by atoms with E-state index in [1.165, 1.54) is 5.56 Å². The normalized spacial score (nSPS) is 24.3. The van der Waals surface area contributed by atoms with Crippen LogP contribution in [-0.4, -0.2) is 20.2 Å². The van der Waals surface area contributed by atoms with E-state index >= 15 is 0 Å². The van der Waals surface area contributed by atoms with Crippen LogP contribution in [0.4, 0.5) is 0 Å². The summed E-state index contributed by atoms with van der Waals surface area (Å²) in [7, 11) is -3.06. The SMILES string of the molecule is CCCS(=O)(=O)NC1CCC(c2ccccc2)CC1. The van der Waals surface area contributed by atoms with Crippen molar-refractivity contribution in [2.45, 2.75) is 51.0 Å². The van der Waals surface area contributed by atoms with E-state index in [2.05, 4.69) is 29.0 Å². The molecule has 0 spiro atoms. The molecule has 1 aliphatic rings. The van der Waals surface area contributed by atoms with Crippen LogP contribution < -0.4 is 4.72 Å². The van der Waals surface area contributed by atoms with Gasteiger partial charge in [-0.1, -0.05) is 37.3 Å². The van der Waals surface area contributed by atoms with E-state index in [0.717, 1.165) is 25.7 Å². The van der Waals surface area contributed by atoms with Gasteiger partial charge in [-0.15, -0.1) is 0 Å². The summed E-state index contributed by atoms with van der Waals surface area (Å²) in [5.74, 6) is 0.833. The zero-order valence-electron chi connectivity index (χ0n) is 11.5. The second kappa shape index (κ2) is 6.53. The van der Waals surface area contributed by atoms with Crippen molar-refractivity contribution in [3.63, 3.8) is 0 Å². The second-order valence-electron chi connectivity index (χ2n) is 5.40. The smallest absolute Gasteiger partial charge is 0.211 e. The van der Waals surface area contributed by atoms with Gasteiger partial charge in [-0.25, -0.2) is 13.1 Å². The molecule has 1 aromatic carbocycles. The van der Waals surface area contributed by atoms with E-state index in [1.807, 2.05) is 13.0 Å². The summed E-state index contributed by atoms with van der Waals surface area (Å²) >= 11 is 0. The summed E-state index contributed by atoms with van der Waals surface area (Å²) in [6.45, 7) is 1.89. The highest BCUT2D eigenvalue weighted by molar-refractivity contribution is 7.89. The van der Waals surface area contributed by atoms with E-state index in [1.54, 1.807) is 0 Å². The quantitative estimate of drug-likeness (QED) is 0.901. The first kappa shape index (κ1) is 14.5. The molecule has 0 heterocycles. The number of hydrogen-bond donors (Lipinski definition) is 1. The van der Waals surface area contributed by atoms with Gasteiger partial charge in [0, 0.05) is 6.04 Å². The van der Waals surface area contributed by atoms with Gasteiger partial charge in [0.05, 0.1) is 5.75 Å². The van der Waals surface area contributed by atoms with Crippen LogP contribution in [0.25, 0.3) is 0 Å². The first-order valence-corrected chi connectivity index (χ1v) is 8.81. The van der Waals surface area contributed by atoms with Crippen LogP contribution in [0.15, 0.2) is 30.3 Å². The van der Waals surface area contributed by atoms with E-state index in [-0.39, 0.29) is 11.8 Å². The molecule has 19 heavy (non-hydrogen) atoms. The Bertz CT molecular complexity index is 476. The molecule has 1 saturated carbocycles. The molecule has 1 fully saturated rings. The van der Waals surface area contributed by atoms with E-state index in [4.69, 9.17) is 0 Å². The Kier molecular flexibility index (Phi) is 4.99. The van der Waals surface area contributed by atoms with Gasteiger partial charge in [-0.2, -0.15) is 0 Å². The van der Waals surface area contributed by atoms with Crippen molar-refractivity contribution in [3.8, 4) is 0 Å². The van der Waals surface area contributed by atoms with Gasteiger partial charge in [0.1, 0.15) is 0 Å². The Hall–Kier alpha value is -0.870. The Morgan fingerprint density at radius 3 is 2.32 bits per heavy atom. The second-order valence-corrected chi connectivity index (χ2v) is 7.27. The number of sulfonamides is 1. The fraction of sp³-hybridized carbons (Fsp3) is 0.600. The van der Waals surface area contributed by atoms with Crippen LogP contribution in [0.5, 0.6) is 0 Å². The molecule has 0 bridgehead atoms. The molecule has 4 heteroatoms. The lowest BCUT2D eigenvalue weighted by atomic mass is 9.82. The summed E-state index contributed by atoms with van der Waals surface area (Å²) in [4.78, 5) is 0. The minimum absolute atomic E-state index is 0.136. The van der Waals surface area contributed by atoms with Gasteiger partial charge < -0.3 is 0 Å². The summed E-state index contributed by atoms with van der Waals surface area (Å²) in [6.07, 6.45) is 4.71. The third-order valence-corrected chi connectivity index (χ3v) is 5.46. The Labute approximate surface area is 116 Å². The number of nitrogens with one attached hydrogen (secondary N) is 1. The molecule has 1 N–H and O–H groups in total. The maximum Gasteiger partial charge on any atom is 0.211 e. The first-order chi connectivity index (χ1) is 9.11. The zero-order chi connectivity index (χ0) is 13.7. The minimum atomic E-state index is -3.06. The van der Waals surface area contributed by atoms with Crippen molar-refractivity contribution in [2.75, 3.05) is 5.75 Å². The average molecular weight is 281 g/mol. The molecule has 106 valence electrons. The molecule has 0 aliphatic heterocycles. The highest BCUT2D eigenvalue weighted by Crippen LogP contribution is 2.32. The lowest BCUT2D eigenvalue weighted by Gasteiger charge is -2.29. The van der Waals surface area contributed by atoms with Crippen LogP contribution in [0.3, 0.4) is 0 Å². The highest BCUT2D eigenvalue weighted by Gasteiger charge is 2.25. The van der Waals surface area contributed by atoms with Crippen LogP contribution in [0.2, 0.25) is 0 Å². The average Bonchev–Trinajstić information content (AvgIpc) is 2.40. The van der Waals surface area contributed by atoms with Crippen molar-refractivity contribution in [1.82, 2.24) is 4.72 Å². The Morgan fingerprint density at radius 1 is 1.11 bits per heavy atom. The van der Waals surface area contributed by atoms with Crippen LogP contribution >= 0.6 is 0 Å². The number of hydrogen-bond acceptors (Lipinski definition) is 2. The Balaban J connectivity index is 1.86. The lowest BCUT2D eigenvalue weighted by molar-refractivity contribution is 0.374. The number of benzene rings is 1. The predicted octanol–water partition coefficient (Wildman–Crippen LogP) is 3.04. The fourth-order valence-corrected chi connectivity index (χ4v) is 4.25. The largest absolute Gasteiger partial charge is 0.212 e. The molecule has 1 aromatic rings. The molecule has 0 aromatic heterocycles. The maximum absolute atomic E-state index is 11.7. The van der Waals surface area contributed by atoms with Gasteiger partial charge in [-0.05, 0) is 43.6 Å². The van der Waals surface area contributed by atoms with Crippen LogP contribution in [-0.2, 0) is 10.0 Å². The topological polar surface area (TPSA) is 46.2 Å². The molecule has 0 atom stereocenters. The standard InChI is InChI=1S/C15H23NO2S/c1-2-12-19(17,18)16-15-10-8-14(9-11-15)13-6-4-3-5-7-13/h3-7,14-16H,2,8-12H2,1H3. The van der Waals surface area contributed by atoms with Gasteiger partial charge >= 0.3 is 0 Å². The predicted molar refractivity (Wildman–Crippen MR) is 78.7 cm³/mol. The van der Waals surface area contributed by atoms with Crippen LogP contribution in [0, 0.1) is 0 Å². The number of rotatable bonds is 5. The molecule has 2 rings (SSSR count). The van der Waals surface area contributed by atoms with Gasteiger partial charge in [0.25, 0.3) is 0 Å². The van der Waals surface area contributed by atoms with Crippen molar-refractivity contribution >= 4 is 10.0 Å². The van der Waals surface area contributed by atoms with Gasteiger partial charge in [0.2, 0.25) is 10.0 Å². The van der Waals surface area contributed by atoms with E-state index < -0.39 is 10.0 Å². The molecule has 0 radical (unpaired) electrons. The summed E-state index contributed by atoms with van der Waals surface area (Å²) in [5, 5.41) is 0. The van der Waals surface area contributed by atoms with Gasteiger partial charge in [0.15, 0.2) is 0 Å². The summed E-state index contributed by atoms with van der Waals surface area (Å²) in [6, 6.07) is 10.7. The molecular weight excluding hydrogens is 258 g/mol. The van der Waals surface area contributed by atoms with Crippen molar-refractivity contribution in [2.24, 2.45) is 0 Å². The third-order valence-electron chi connectivity index (χ3n) is 3.82. The highest BCUT2D eigenvalue weighted by atomic mass is 32.2. The van der Waals surface area contributed by atoms with Crippen molar-refractivity contribution < 1.29 is 8.42 Å². The molecule has 0 unspecified atom stereocenters. The monoisotopic (exact) mass is 281 g/mol. The molecule has 3 nitrogen and oxygen atoms in total. The van der Waals surface area contributed by atoms with Crippen LogP contribution in [0.1, 0.15) is 50.5 Å². The Morgan fingerprint density at radius 2 is 1.74 bits per heavy atom. The summed E-state index contributed by atoms with van der Waals surface area (Å²) in [5.41, 5.74) is 1.39. The fourth-order valence-electron chi connectivity index (χ4n) is 2.85. The molecule has 0 amide bonds. The summed E-state index contributed by atoms with van der Waals surface area (Å²) < 4.78 is 26.3. The van der Waals surface area contributed by atoms with Crippen molar-refractivity contribution in [3.05, 3.63) is 35.9 Å².